The maximum Gasteiger partial charge on any atom is 0.433 e. The number of hydrogen-bond acceptors (Lipinski definition) is 6. The Bertz CT molecular complexity index is 807. The largest absolute Gasteiger partial charge is 0.473 e. The number of methoxy groups -OCH3 is 1. The highest BCUT2D eigenvalue weighted by molar-refractivity contribution is 6.43. The number of esters is 1. The Balaban J connectivity index is 2.26. The van der Waals surface area contributed by atoms with Crippen molar-refractivity contribution in [3.05, 3.63) is 59.3 Å². The van der Waals surface area contributed by atoms with E-state index < -0.39 is 17.8 Å². The minimum Gasteiger partial charge on any atom is -0.473 e. The van der Waals surface area contributed by atoms with Crippen LogP contribution in [0.4, 0.5) is 13.2 Å². The first-order valence-corrected chi connectivity index (χ1v) is 7.31. The highest BCUT2D eigenvalue weighted by Crippen LogP contribution is 2.28. The molecule has 0 saturated heterocycles. The summed E-state index contributed by atoms with van der Waals surface area (Å²) in [4.78, 5) is 20.0. The number of benzene rings is 1. The minimum atomic E-state index is -4.57. The van der Waals surface area contributed by atoms with Crippen molar-refractivity contribution < 1.29 is 32.3 Å². The third kappa shape index (κ3) is 4.71. The molecule has 0 saturated carbocycles. The molecule has 1 aromatic carbocycles. The smallest absolute Gasteiger partial charge is 0.433 e. The Morgan fingerprint density at radius 2 is 1.85 bits per heavy atom. The van der Waals surface area contributed by atoms with Crippen molar-refractivity contribution in [1.29, 1.82) is 0 Å². The number of halogens is 3. The zero-order valence-electron chi connectivity index (χ0n) is 13.9. The fourth-order valence-corrected chi connectivity index (χ4v) is 2.07. The van der Waals surface area contributed by atoms with E-state index in [0.717, 1.165) is 6.07 Å². The molecule has 138 valence electrons. The molecule has 9 heteroatoms. The van der Waals surface area contributed by atoms with Crippen LogP contribution in [0.2, 0.25) is 0 Å². The van der Waals surface area contributed by atoms with Gasteiger partial charge in [-0.2, -0.15) is 13.2 Å². The molecule has 2 rings (SSSR count). The predicted octanol–water partition coefficient (Wildman–Crippen LogP) is 3.20. The summed E-state index contributed by atoms with van der Waals surface area (Å²) in [6.07, 6.45) is -4.57. The van der Waals surface area contributed by atoms with Crippen LogP contribution in [0, 0.1) is 0 Å². The van der Waals surface area contributed by atoms with E-state index >= 15 is 0 Å². The number of rotatable bonds is 6. The maximum atomic E-state index is 12.7. The number of oxime groups is 1. The highest BCUT2D eigenvalue weighted by atomic mass is 19.4. The first-order chi connectivity index (χ1) is 12.4. The number of aromatic nitrogens is 1. The van der Waals surface area contributed by atoms with Crippen molar-refractivity contribution in [2.45, 2.75) is 12.8 Å². The molecule has 0 aliphatic rings. The Labute approximate surface area is 147 Å². The fourth-order valence-electron chi connectivity index (χ4n) is 2.07. The topological polar surface area (TPSA) is 70.0 Å². The lowest BCUT2D eigenvalue weighted by Crippen LogP contribution is -2.20. The van der Waals surface area contributed by atoms with E-state index in [2.05, 4.69) is 19.7 Å². The number of alkyl halides is 3. The van der Waals surface area contributed by atoms with Crippen LogP contribution < -0.4 is 4.74 Å². The van der Waals surface area contributed by atoms with Crippen molar-refractivity contribution in [3.8, 4) is 5.88 Å². The highest BCUT2D eigenvalue weighted by Gasteiger charge is 2.32. The number of ether oxygens (including phenoxy) is 2. The van der Waals surface area contributed by atoms with Crippen LogP contribution in [0.15, 0.2) is 47.6 Å². The molecule has 0 aliphatic carbocycles. The molecule has 0 bridgehead atoms. The standard InChI is InChI=1S/C17H15F3N2O4/c1-24-16(23)15(22-25-2)12-7-4-3-6-11(12)10-26-14-9-5-8-13(21-14)17(18,19)20/h3-9H,10H2,1-2H3. The third-order valence-corrected chi connectivity index (χ3v) is 3.22. The second-order valence-corrected chi connectivity index (χ2v) is 4.92. The molecule has 0 atom stereocenters. The maximum absolute atomic E-state index is 12.7. The van der Waals surface area contributed by atoms with Crippen molar-refractivity contribution in [2.24, 2.45) is 5.16 Å². The lowest BCUT2D eigenvalue weighted by Gasteiger charge is -2.12. The molecular formula is C17H15F3N2O4. The van der Waals surface area contributed by atoms with Crippen molar-refractivity contribution in [2.75, 3.05) is 14.2 Å². The molecule has 2 aromatic rings. The Hall–Kier alpha value is -3.10. The normalized spacial score (nSPS) is 11.8. The Morgan fingerprint density at radius 3 is 2.50 bits per heavy atom. The van der Waals surface area contributed by atoms with Gasteiger partial charge < -0.3 is 14.3 Å². The lowest BCUT2D eigenvalue weighted by atomic mass is 10.0. The van der Waals surface area contributed by atoms with E-state index in [1.807, 2.05) is 0 Å². The number of carbonyl (C=O) groups is 1. The molecule has 0 radical (unpaired) electrons. The van der Waals surface area contributed by atoms with Gasteiger partial charge in [-0.3, -0.25) is 0 Å². The van der Waals surface area contributed by atoms with Crippen molar-refractivity contribution in [3.63, 3.8) is 0 Å². The molecule has 1 aromatic heterocycles. The summed E-state index contributed by atoms with van der Waals surface area (Å²) < 4.78 is 48.2. The van der Waals surface area contributed by atoms with Gasteiger partial charge >= 0.3 is 12.1 Å². The zero-order valence-corrected chi connectivity index (χ0v) is 13.9. The van der Waals surface area contributed by atoms with Gasteiger partial charge in [0.2, 0.25) is 5.88 Å². The fraction of sp³-hybridized carbons (Fsp3) is 0.235. The van der Waals surface area contributed by atoms with Crippen LogP contribution in [-0.4, -0.2) is 30.9 Å². The summed E-state index contributed by atoms with van der Waals surface area (Å²) in [5.41, 5.74) is -0.285. The quantitative estimate of drug-likeness (QED) is 0.445. The molecule has 0 amide bonds. The summed E-state index contributed by atoms with van der Waals surface area (Å²) in [6.45, 7) is -0.135. The van der Waals surface area contributed by atoms with Gasteiger partial charge in [0.05, 0.1) is 7.11 Å². The summed E-state index contributed by atoms with van der Waals surface area (Å²) in [5.74, 6) is -0.922. The van der Waals surface area contributed by atoms with Gasteiger partial charge in [0.1, 0.15) is 19.4 Å². The van der Waals surface area contributed by atoms with Crippen LogP contribution in [0.5, 0.6) is 5.88 Å². The second kappa shape index (κ2) is 8.32. The summed E-state index contributed by atoms with van der Waals surface area (Å²) in [6, 6.07) is 9.93. The van der Waals surface area contributed by atoms with Crippen LogP contribution in [0.3, 0.4) is 0 Å². The minimum absolute atomic E-state index is 0.0915. The van der Waals surface area contributed by atoms with Gasteiger partial charge in [0, 0.05) is 11.6 Å². The number of carbonyl (C=O) groups excluding carboxylic acids is 1. The van der Waals surface area contributed by atoms with Crippen LogP contribution in [-0.2, 0) is 27.2 Å². The van der Waals surface area contributed by atoms with E-state index in [1.165, 1.54) is 26.4 Å². The average Bonchev–Trinajstić information content (AvgIpc) is 2.64. The molecule has 1 heterocycles. The van der Waals surface area contributed by atoms with Crippen molar-refractivity contribution >= 4 is 11.7 Å². The average molecular weight is 368 g/mol. The van der Waals surface area contributed by atoms with Gasteiger partial charge in [-0.1, -0.05) is 35.5 Å². The summed E-state index contributed by atoms with van der Waals surface area (Å²) in [7, 11) is 2.47. The number of nitrogens with zero attached hydrogens (tertiary/aromatic N) is 2. The van der Waals surface area contributed by atoms with Crippen LogP contribution in [0.25, 0.3) is 0 Å². The van der Waals surface area contributed by atoms with Gasteiger partial charge in [0.25, 0.3) is 0 Å². The van der Waals surface area contributed by atoms with Crippen LogP contribution >= 0.6 is 0 Å². The van der Waals surface area contributed by atoms with Gasteiger partial charge in [-0.05, 0) is 11.6 Å². The molecular weight excluding hydrogens is 353 g/mol. The van der Waals surface area contributed by atoms with E-state index in [-0.39, 0.29) is 18.2 Å². The molecule has 0 N–H and O–H groups in total. The Kier molecular flexibility index (Phi) is 6.16. The predicted molar refractivity (Wildman–Crippen MR) is 85.6 cm³/mol. The van der Waals surface area contributed by atoms with Gasteiger partial charge in [0.15, 0.2) is 5.71 Å². The second-order valence-electron chi connectivity index (χ2n) is 4.92. The first-order valence-electron chi connectivity index (χ1n) is 7.31. The van der Waals surface area contributed by atoms with Gasteiger partial charge in [-0.15, -0.1) is 0 Å². The van der Waals surface area contributed by atoms with E-state index in [0.29, 0.717) is 11.1 Å². The first kappa shape index (κ1) is 19.2. The SMILES string of the molecule is CON=C(C(=O)OC)c1ccccc1COc1cccc(C(F)(F)F)n1. The van der Waals surface area contributed by atoms with E-state index in [9.17, 15) is 18.0 Å². The third-order valence-electron chi connectivity index (χ3n) is 3.22. The summed E-state index contributed by atoms with van der Waals surface area (Å²) in [5, 5.41) is 3.65. The monoisotopic (exact) mass is 368 g/mol. The molecule has 0 unspecified atom stereocenters. The van der Waals surface area contributed by atoms with E-state index in [4.69, 9.17) is 4.74 Å². The summed E-state index contributed by atoms with van der Waals surface area (Å²) >= 11 is 0. The molecule has 6 nitrogen and oxygen atoms in total. The number of pyridine rings is 1. The molecule has 26 heavy (non-hydrogen) atoms. The lowest BCUT2D eigenvalue weighted by molar-refractivity contribution is -0.141. The van der Waals surface area contributed by atoms with Crippen molar-refractivity contribution in [1.82, 2.24) is 4.98 Å². The zero-order chi connectivity index (χ0) is 19.2. The molecule has 0 fully saturated rings. The molecule has 0 spiro atoms. The van der Waals surface area contributed by atoms with Crippen LogP contribution in [0.1, 0.15) is 16.8 Å². The number of hydrogen-bond donors (Lipinski definition) is 0. The van der Waals surface area contributed by atoms with Gasteiger partial charge in [-0.25, -0.2) is 9.78 Å². The molecule has 0 aliphatic heterocycles. The van der Waals surface area contributed by atoms with E-state index in [1.54, 1.807) is 24.3 Å². The Morgan fingerprint density at radius 1 is 1.12 bits per heavy atom.